The molecule has 0 N–H and O–H groups in total. The van der Waals surface area contributed by atoms with Crippen molar-refractivity contribution in [2.75, 3.05) is 0 Å². The molecule has 0 spiro atoms. The van der Waals surface area contributed by atoms with Crippen molar-refractivity contribution in [2.45, 2.75) is 6.42 Å². The van der Waals surface area contributed by atoms with Crippen LogP contribution in [0.5, 0.6) is 0 Å². The monoisotopic (exact) mass is 306 g/mol. The molecule has 0 atom stereocenters. The second kappa shape index (κ2) is 5.94. The summed E-state index contributed by atoms with van der Waals surface area (Å²) in [7, 11) is 0. The molecule has 10 heteroatoms. The van der Waals surface area contributed by atoms with Crippen LogP contribution in [0.1, 0.15) is 16.8 Å². The number of benzene rings is 1. The van der Waals surface area contributed by atoms with Gasteiger partial charge in [0.15, 0.2) is 17.2 Å². The van der Waals surface area contributed by atoms with Gasteiger partial charge in [0, 0.05) is 0 Å². The van der Waals surface area contributed by atoms with Crippen LogP contribution in [0.2, 0.25) is 0 Å². The Labute approximate surface area is 128 Å². The highest BCUT2D eigenvalue weighted by molar-refractivity contribution is 6.83. The lowest BCUT2D eigenvalue weighted by atomic mass is 10.1. The van der Waals surface area contributed by atoms with Crippen molar-refractivity contribution < 1.29 is 9.59 Å². The van der Waals surface area contributed by atoms with Gasteiger partial charge >= 0.3 is 0 Å². The van der Waals surface area contributed by atoms with Gasteiger partial charge < -0.3 is 0 Å². The molecule has 1 amide bonds. The highest BCUT2D eigenvalue weighted by atomic mass is 16.2. The molecule has 1 aromatic carbocycles. The van der Waals surface area contributed by atoms with Gasteiger partial charge in [-0.3, -0.25) is 9.59 Å². The Hall–Kier alpha value is -3.74. The Morgan fingerprint density at radius 3 is 2.70 bits per heavy atom. The number of rotatable bonds is 2. The number of nitrogens with zero attached hydrogens (tertiary/aromatic N) is 8. The van der Waals surface area contributed by atoms with E-state index in [0.717, 1.165) is 0 Å². The van der Waals surface area contributed by atoms with E-state index in [1.165, 1.54) is 0 Å². The van der Waals surface area contributed by atoms with Crippen LogP contribution in [0, 0.1) is 11.3 Å². The molecule has 4 rings (SSSR count). The quantitative estimate of drug-likeness (QED) is 0.823. The molecule has 110 valence electrons. The molecule has 10 nitrogen and oxygen atoms in total. The predicted octanol–water partition coefficient (Wildman–Crippen LogP) is 1.98. The second-order valence-electron chi connectivity index (χ2n) is 4.29. The third-order valence-electron chi connectivity index (χ3n) is 2.85. The van der Waals surface area contributed by atoms with Crippen LogP contribution < -0.4 is 0 Å². The minimum Gasteiger partial charge on any atom is -0.291 e. The molecule has 0 unspecified atom stereocenters. The number of nitriles is 1. The number of carbonyl (C=O) groups excluding carboxylic acids is 2. The molecule has 0 bridgehead atoms. The zero-order chi connectivity index (χ0) is 16.2. The summed E-state index contributed by atoms with van der Waals surface area (Å²) in [6.45, 7) is 0. The fraction of sp³-hybridized carbons (Fsp3) is 0.0769. The number of carbonyl (C=O) groups is 2. The van der Waals surface area contributed by atoms with Crippen molar-refractivity contribution in [1.82, 2.24) is 0 Å². The zero-order valence-electron chi connectivity index (χ0n) is 11.4. The fourth-order valence-electron chi connectivity index (χ4n) is 1.81. The van der Waals surface area contributed by atoms with Crippen molar-refractivity contribution in [3.05, 3.63) is 29.8 Å². The standard InChI is InChI=1S/C7H4N2O.C6H2N6O/c10-7-5-3-1-2-4-6(5)8-9-7;7-2-1-3(13)4-5-6(10-8-4)11-12-9-5/h1-4H;1H2. The average Bonchev–Trinajstić information content (AvgIpc) is 3.24. The maximum absolute atomic E-state index is 11.2. The molecule has 3 aliphatic heterocycles. The summed E-state index contributed by atoms with van der Waals surface area (Å²) in [6.07, 6.45) is -0.235. The first-order valence-electron chi connectivity index (χ1n) is 6.31. The minimum atomic E-state index is -0.410. The molecular formula is C13H6N8O2. The summed E-state index contributed by atoms with van der Waals surface area (Å²) < 4.78 is 0. The summed E-state index contributed by atoms with van der Waals surface area (Å²) >= 11 is 0. The molecule has 3 heterocycles. The van der Waals surface area contributed by atoms with Gasteiger partial charge in [0.2, 0.25) is 5.84 Å². The molecule has 0 radical (unpaired) electrons. The molecule has 0 saturated carbocycles. The van der Waals surface area contributed by atoms with E-state index >= 15 is 0 Å². The first kappa shape index (κ1) is 14.2. The largest absolute Gasteiger partial charge is 0.297 e. The summed E-state index contributed by atoms with van der Waals surface area (Å²) in [5.74, 6) is -0.413. The summed E-state index contributed by atoms with van der Waals surface area (Å²) in [5, 5.41) is 32.9. The Morgan fingerprint density at radius 1 is 1.09 bits per heavy atom. The number of ketones is 1. The first-order valence-corrected chi connectivity index (χ1v) is 6.31. The Morgan fingerprint density at radius 2 is 1.91 bits per heavy atom. The van der Waals surface area contributed by atoms with E-state index in [9.17, 15) is 9.59 Å². The van der Waals surface area contributed by atoms with Gasteiger partial charge in [-0.2, -0.15) is 5.26 Å². The van der Waals surface area contributed by atoms with E-state index in [0.29, 0.717) is 11.3 Å². The van der Waals surface area contributed by atoms with Crippen LogP contribution in [0.3, 0.4) is 0 Å². The van der Waals surface area contributed by atoms with Crippen LogP contribution in [-0.2, 0) is 4.79 Å². The van der Waals surface area contributed by atoms with Gasteiger partial charge in [0.1, 0.15) is 6.42 Å². The van der Waals surface area contributed by atoms with Crippen LogP contribution in [0.25, 0.3) is 0 Å². The number of hydrogen-bond acceptors (Lipinski definition) is 9. The molecule has 23 heavy (non-hydrogen) atoms. The van der Waals surface area contributed by atoms with Gasteiger partial charge in [-0.1, -0.05) is 12.1 Å². The van der Waals surface area contributed by atoms with E-state index in [4.69, 9.17) is 5.26 Å². The van der Waals surface area contributed by atoms with Crippen LogP contribution in [0.15, 0.2) is 60.1 Å². The lowest BCUT2D eigenvalue weighted by molar-refractivity contribution is -0.111. The predicted molar refractivity (Wildman–Crippen MR) is 77.7 cm³/mol. The molecule has 3 aliphatic rings. The van der Waals surface area contributed by atoms with E-state index in [1.807, 2.05) is 6.07 Å². The van der Waals surface area contributed by atoms with E-state index in [-0.39, 0.29) is 29.6 Å². The van der Waals surface area contributed by atoms with Gasteiger partial charge in [-0.15, -0.1) is 30.6 Å². The maximum atomic E-state index is 11.2. The first-order chi connectivity index (χ1) is 11.2. The lowest BCUT2D eigenvalue weighted by Gasteiger charge is -1.91. The molecule has 0 saturated heterocycles. The number of Topliss-reactive ketones (excluding diaryl/α,β-unsaturated/α-hetero) is 1. The summed E-state index contributed by atoms with van der Waals surface area (Å²) in [4.78, 5) is 22.0. The SMILES string of the molecule is N#CCC(=O)C1=NN=C2N=NN=C21.O=C1N=Nc2ccccc21. The number of fused-ring (bicyclic) bond motifs is 2. The average molecular weight is 306 g/mol. The topological polar surface area (TPSA) is 144 Å². The highest BCUT2D eigenvalue weighted by Gasteiger charge is 2.30. The van der Waals surface area contributed by atoms with Gasteiger partial charge in [0.25, 0.3) is 5.91 Å². The van der Waals surface area contributed by atoms with Gasteiger partial charge in [-0.25, -0.2) is 0 Å². The number of amidine groups is 1. The van der Waals surface area contributed by atoms with Crippen LogP contribution in [-0.4, -0.2) is 28.9 Å². The van der Waals surface area contributed by atoms with Crippen molar-refractivity contribution in [1.29, 1.82) is 5.26 Å². The van der Waals surface area contributed by atoms with Gasteiger partial charge in [0.05, 0.1) is 17.3 Å². The molecule has 0 fully saturated rings. The maximum Gasteiger partial charge on any atom is 0.297 e. The summed E-state index contributed by atoms with van der Waals surface area (Å²) in [5.41, 5.74) is 1.61. The second-order valence-corrected chi connectivity index (χ2v) is 4.29. The third kappa shape index (κ3) is 2.70. The van der Waals surface area contributed by atoms with E-state index in [1.54, 1.807) is 24.3 Å². The van der Waals surface area contributed by atoms with Crippen molar-refractivity contribution in [3.8, 4) is 6.07 Å². The van der Waals surface area contributed by atoms with Gasteiger partial charge in [-0.05, 0) is 17.4 Å². The van der Waals surface area contributed by atoms with E-state index < -0.39 is 5.78 Å². The smallest absolute Gasteiger partial charge is 0.291 e. The Kier molecular flexibility index (Phi) is 3.67. The molecule has 0 aromatic heterocycles. The van der Waals surface area contributed by atoms with Crippen LogP contribution in [0.4, 0.5) is 5.69 Å². The molecule has 1 aromatic rings. The van der Waals surface area contributed by atoms with Crippen LogP contribution >= 0.6 is 0 Å². The van der Waals surface area contributed by atoms with E-state index in [2.05, 4.69) is 35.9 Å². The van der Waals surface area contributed by atoms with Crippen molar-refractivity contribution in [2.24, 2.45) is 35.9 Å². The lowest BCUT2D eigenvalue weighted by Crippen LogP contribution is -2.24. The Balaban J connectivity index is 0.000000140. The highest BCUT2D eigenvalue weighted by Crippen LogP contribution is 2.25. The third-order valence-corrected chi connectivity index (χ3v) is 2.85. The molecule has 0 aliphatic carbocycles. The minimum absolute atomic E-state index is 0.0709. The zero-order valence-corrected chi connectivity index (χ0v) is 11.4. The van der Waals surface area contributed by atoms with Crippen molar-refractivity contribution in [3.63, 3.8) is 0 Å². The fourth-order valence-corrected chi connectivity index (χ4v) is 1.81. The number of azo groups is 1. The number of amides is 1. The number of hydrogen-bond donors (Lipinski definition) is 0. The van der Waals surface area contributed by atoms with Crippen molar-refractivity contribution >= 4 is 34.6 Å². The normalized spacial score (nSPS) is 15.8. The molecular weight excluding hydrogens is 300 g/mol. The Bertz CT molecular complexity index is 901. The summed E-state index contributed by atoms with van der Waals surface area (Å²) in [6, 6.07) is 8.84.